The van der Waals surface area contributed by atoms with Gasteiger partial charge in [0.2, 0.25) is 0 Å². The minimum Gasteiger partial charge on any atom is -0.497 e. The molecule has 1 aromatic rings. The number of alkyl halides is 1. The highest BCUT2D eigenvalue weighted by atomic mass is 79.9. The average Bonchev–Trinajstić information content (AvgIpc) is 2.27. The molecule has 0 aliphatic carbocycles. The van der Waals surface area contributed by atoms with Crippen LogP contribution in [0.15, 0.2) is 18.2 Å². The van der Waals surface area contributed by atoms with Crippen molar-refractivity contribution >= 4 is 21.6 Å². The minimum absolute atomic E-state index is 0.747. The summed E-state index contributed by atoms with van der Waals surface area (Å²) in [7, 11) is 5.29. The normalized spacial score (nSPS) is 9.71. The highest BCUT2D eigenvalue weighted by Gasteiger charge is 2.08. The largest absolute Gasteiger partial charge is 0.497 e. The van der Waals surface area contributed by atoms with E-state index in [1.165, 1.54) is 0 Å². The SMILES string of the molecule is COc1ccc(OC)c(N(C)CBr)c1. The number of halogens is 1. The van der Waals surface area contributed by atoms with Crippen molar-refractivity contribution in [3.8, 4) is 11.5 Å². The molecule has 0 saturated carbocycles. The van der Waals surface area contributed by atoms with Crippen molar-refractivity contribution in [2.75, 3.05) is 31.6 Å². The molecule has 0 heterocycles. The van der Waals surface area contributed by atoms with E-state index in [1.807, 2.05) is 30.1 Å². The molecule has 4 heteroatoms. The van der Waals surface area contributed by atoms with Crippen molar-refractivity contribution in [2.24, 2.45) is 0 Å². The molecule has 0 unspecified atom stereocenters. The number of anilines is 1. The van der Waals surface area contributed by atoms with Crippen LogP contribution in [0.2, 0.25) is 0 Å². The van der Waals surface area contributed by atoms with E-state index >= 15 is 0 Å². The standard InChI is InChI=1S/C10H14BrNO2/c1-12(7-11)9-6-8(13-2)4-5-10(9)14-3/h4-6H,7H2,1-3H3. The topological polar surface area (TPSA) is 21.7 Å². The number of rotatable bonds is 4. The minimum atomic E-state index is 0.747. The van der Waals surface area contributed by atoms with Crippen molar-refractivity contribution < 1.29 is 9.47 Å². The van der Waals surface area contributed by atoms with Crippen LogP contribution in [0.1, 0.15) is 0 Å². The Morgan fingerprint density at radius 3 is 2.50 bits per heavy atom. The molecule has 1 rings (SSSR count). The molecule has 0 fully saturated rings. The Morgan fingerprint density at radius 1 is 1.29 bits per heavy atom. The van der Waals surface area contributed by atoms with Gasteiger partial charge in [-0.05, 0) is 12.1 Å². The molecule has 0 saturated heterocycles. The van der Waals surface area contributed by atoms with Gasteiger partial charge in [0.15, 0.2) is 0 Å². The van der Waals surface area contributed by atoms with Gasteiger partial charge in [-0.2, -0.15) is 0 Å². The Hall–Kier alpha value is -0.900. The lowest BCUT2D eigenvalue weighted by molar-refractivity contribution is 0.403. The summed E-state index contributed by atoms with van der Waals surface area (Å²) in [6.45, 7) is 0. The fourth-order valence-electron chi connectivity index (χ4n) is 1.16. The third-order valence-corrected chi connectivity index (χ3v) is 2.73. The Bertz CT molecular complexity index is 304. The second-order valence-corrected chi connectivity index (χ2v) is 3.36. The first-order valence-electron chi connectivity index (χ1n) is 4.22. The fraction of sp³-hybridized carbons (Fsp3) is 0.400. The zero-order chi connectivity index (χ0) is 10.6. The van der Waals surface area contributed by atoms with Gasteiger partial charge in [0.1, 0.15) is 11.5 Å². The fourth-order valence-corrected chi connectivity index (χ4v) is 1.43. The lowest BCUT2D eigenvalue weighted by atomic mass is 10.2. The van der Waals surface area contributed by atoms with E-state index < -0.39 is 0 Å². The van der Waals surface area contributed by atoms with Gasteiger partial charge in [0.05, 0.1) is 25.4 Å². The van der Waals surface area contributed by atoms with Gasteiger partial charge in [-0.15, -0.1) is 0 Å². The van der Waals surface area contributed by atoms with Gasteiger partial charge in [-0.25, -0.2) is 0 Å². The Labute approximate surface area is 92.7 Å². The van der Waals surface area contributed by atoms with Crippen LogP contribution in [0.25, 0.3) is 0 Å². The summed E-state index contributed by atoms with van der Waals surface area (Å²) < 4.78 is 10.4. The van der Waals surface area contributed by atoms with Gasteiger partial charge in [0, 0.05) is 13.1 Å². The van der Waals surface area contributed by atoms with E-state index in [1.54, 1.807) is 14.2 Å². The van der Waals surface area contributed by atoms with Gasteiger partial charge >= 0.3 is 0 Å². The maximum Gasteiger partial charge on any atom is 0.142 e. The molecule has 0 aromatic heterocycles. The summed E-state index contributed by atoms with van der Waals surface area (Å²) in [4.78, 5) is 2.03. The zero-order valence-electron chi connectivity index (χ0n) is 8.58. The summed E-state index contributed by atoms with van der Waals surface area (Å²) in [5.74, 6) is 1.67. The molecule has 0 radical (unpaired) electrons. The van der Waals surface area contributed by atoms with E-state index in [9.17, 15) is 0 Å². The molecule has 3 nitrogen and oxygen atoms in total. The average molecular weight is 260 g/mol. The molecule has 0 spiro atoms. The molecule has 0 aliphatic heterocycles. The lowest BCUT2D eigenvalue weighted by Gasteiger charge is -2.19. The number of methoxy groups -OCH3 is 2. The first-order valence-corrected chi connectivity index (χ1v) is 5.34. The first-order chi connectivity index (χ1) is 6.72. The van der Waals surface area contributed by atoms with Gasteiger partial charge in [0.25, 0.3) is 0 Å². The van der Waals surface area contributed by atoms with Crippen LogP contribution in [0.4, 0.5) is 5.69 Å². The molecule has 78 valence electrons. The number of benzene rings is 1. The summed E-state index contributed by atoms with van der Waals surface area (Å²) in [6.07, 6.45) is 0. The summed E-state index contributed by atoms with van der Waals surface area (Å²) >= 11 is 3.39. The second kappa shape index (κ2) is 5.10. The molecule has 1 aromatic carbocycles. The summed E-state index contributed by atoms with van der Waals surface area (Å²) in [6, 6.07) is 5.72. The molecule has 14 heavy (non-hydrogen) atoms. The van der Waals surface area contributed by atoms with Crippen LogP contribution in [0.3, 0.4) is 0 Å². The predicted molar refractivity (Wildman–Crippen MR) is 61.7 cm³/mol. The Kier molecular flexibility index (Phi) is 4.07. The van der Waals surface area contributed by atoms with E-state index in [4.69, 9.17) is 9.47 Å². The van der Waals surface area contributed by atoms with Crippen molar-refractivity contribution in [2.45, 2.75) is 0 Å². The van der Waals surface area contributed by atoms with Crippen molar-refractivity contribution in [1.29, 1.82) is 0 Å². The molecule has 0 aliphatic rings. The third-order valence-electron chi connectivity index (χ3n) is 1.98. The van der Waals surface area contributed by atoms with E-state index in [2.05, 4.69) is 15.9 Å². The van der Waals surface area contributed by atoms with Crippen LogP contribution in [-0.2, 0) is 0 Å². The highest BCUT2D eigenvalue weighted by molar-refractivity contribution is 9.09. The van der Waals surface area contributed by atoms with Crippen molar-refractivity contribution in [3.63, 3.8) is 0 Å². The Morgan fingerprint density at radius 2 is 2.00 bits per heavy atom. The molecular weight excluding hydrogens is 246 g/mol. The quantitative estimate of drug-likeness (QED) is 0.613. The number of hydrogen-bond acceptors (Lipinski definition) is 3. The third kappa shape index (κ3) is 2.32. The van der Waals surface area contributed by atoms with E-state index in [0.29, 0.717) is 0 Å². The predicted octanol–water partition coefficient (Wildman–Crippen LogP) is 2.49. The molecule has 0 N–H and O–H groups in total. The number of hydrogen-bond donors (Lipinski definition) is 0. The first kappa shape index (κ1) is 11.2. The number of nitrogens with zero attached hydrogens (tertiary/aromatic N) is 1. The molecular formula is C10H14BrNO2. The van der Waals surface area contributed by atoms with Crippen LogP contribution in [-0.4, -0.2) is 26.7 Å². The van der Waals surface area contributed by atoms with Crippen molar-refractivity contribution in [3.05, 3.63) is 18.2 Å². The monoisotopic (exact) mass is 259 g/mol. The van der Waals surface area contributed by atoms with Crippen molar-refractivity contribution in [1.82, 2.24) is 0 Å². The van der Waals surface area contributed by atoms with E-state index in [0.717, 1.165) is 22.6 Å². The van der Waals surface area contributed by atoms with Crippen LogP contribution in [0, 0.1) is 0 Å². The van der Waals surface area contributed by atoms with Gasteiger partial charge < -0.3 is 14.4 Å². The zero-order valence-corrected chi connectivity index (χ0v) is 10.2. The molecule has 0 bridgehead atoms. The maximum absolute atomic E-state index is 5.25. The maximum atomic E-state index is 5.25. The Balaban J connectivity index is 3.08. The van der Waals surface area contributed by atoms with Crippen LogP contribution in [0.5, 0.6) is 11.5 Å². The van der Waals surface area contributed by atoms with Crippen LogP contribution >= 0.6 is 15.9 Å². The lowest BCUT2D eigenvalue weighted by Crippen LogP contribution is -2.14. The van der Waals surface area contributed by atoms with Gasteiger partial charge in [-0.3, -0.25) is 0 Å². The second-order valence-electron chi connectivity index (χ2n) is 2.86. The molecule has 0 amide bonds. The smallest absolute Gasteiger partial charge is 0.142 e. The van der Waals surface area contributed by atoms with Crippen LogP contribution < -0.4 is 14.4 Å². The molecule has 0 atom stereocenters. The van der Waals surface area contributed by atoms with E-state index in [-0.39, 0.29) is 0 Å². The summed E-state index contributed by atoms with van der Waals surface area (Å²) in [5.41, 5.74) is 1.75. The number of ether oxygens (including phenoxy) is 2. The highest BCUT2D eigenvalue weighted by Crippen LogP contribution is 2.31. The summed E-state index contributed by atoms with van der Waals surface area (Å²) in [5, 5.41) is 0. The van der Waals surface area contributed by atoms with Gasteiger partial charge in [-0.1, -0.05) is 15.9 Å².